The Morgan fingerprint density at radius 2 is 2.13 bits per heavy atom. The summed E-state index contributed by atoms with van der Waals surface area (Å²) in [5, 5.41) is 8.91. The third kappa shape index (κ3) is 3.20. The van der Waals surface area contributed by atoms with E-state index in [9.17, 15) is 9.59 Å². The molecule has 0 spiro atoms. The van der Waals surface area contributed by atoms with Crippen molar-refractivity contribution in [3.8, 4) is 0 Å². The smallest absolute Gasteiger partial charge is 0.326 e. The van der Waals surface area contributed by atoms with Crippen molar-refractivity contribution in [3.05, 3.63) is 0 Å². The Balaban J connectivity index is 2.47. The second-order valence-corrected chi connectivity index (χ2v) is 4.14. The number of carbonyl (C=O) groups is 2. The first-order valence-corrected chi connectivity index (χ1v) is 5.19. The zero-order valence-corrected chi connectivity index (χ0v) is 9.27. The van der Waals surface area contributed by atoms with Gasteiger partial charge in [0, 0.05) is 19.5 Å². The van der Waals surface area contributed by atoms with E-state index in [1.165, 1.54) is 4.90 Å². The maximum Gasteiger partial charge on any atom is 0.326 e. The minimum atomic E-state index is -0.884. The van der Waals surface area contributed by atoms with Gasteiger partial charge >= 0.3 is 5.97 Å². The molecule has 1 atom stereocenters. The Hall–Kier alpha value is -1.10. The van der Waals surface area contributed by atoms with Crippen LogP contribution in [0.1, 0.15) is 19.3 Å². The van der Waals surface area contributed by atoms with E-state index in [0.29, 0.717) is 25.9 Å². The Bertz CT molecular complexity index is 253. The van der Waals surface area contributed by atoms with E-state index >= 15 is 0 Å². The fourth-order valence-corrected chi connectivity index (χ4v) is 1.78. The fourth-order valence-electron chi connectivity index (χ4n) is 1.78. The predicted octanol–water partition coefficient (Wildman–Crippen LogP) is 0.0137. The number of nitrogens with zero attached hydrogens (tertiary/aromatic N) is 2. The summed E-state index contributed by atoms with van der Waals surface area (Å²) < 4.78 is 0. The lowest BCUT2D eigenvalue weighted by molar-refractivity contribution is -0.148. The molecule has 1 amide bonds. The lowest BCUT2D eigenvalue weighted by atomic mass is 10.2. The molecule has 1 aliphatic rings. The highest BCUT2D eigenvalue weighted by atomic mass is 16.4. The molecule has 0 unspecified atom stereocenters. The van der Waals surface area contributed by atoms with Crippen LogP contribution in [0.5, 0.6) is 0 Å². The van der Waals surface area contributed by atoms with Crippen molar-refractivity contribution in [3.63, 3.8) is 0 Å². The third-order valence-electron chi connectivity index (χ3n) is 2.63. The minimum Gasteiger partial charge on any atom is -0.480 e. The number of amides is 1. The Morgan fingerprint density at radius 1 is 1.47 bits per heavy atom. The van der Waals surface area contributed by atoms with Gasteiger partial charge in [0.05, 0.1) is 0 Å². The normalized spacial score (nSPS) is 21.0. The van der Waals surface area contributed by atoms with Crippen molar-refractivity contribution < 1.29 is 14.7 Å². The largest absolute Gasteiger partial charge is 0.480 e. The average molecular weight is 214 g/mol. The van der Waals surface area contributed by atoms with Crippen molar-refractivity contribution in [2.75, 3.05) is 27.2 Å². The van der Waals surface area contributed by atoms with Crippen molar-refractivity contribution in [2.24, 2.45) is 0 Å². The van der Waals surface area contributed by atoms with E-state index in [2.05, 4.69) is 0 Å². The molecule has 0 saturated carbocycles. The van der Waals surface area contributed by atoms with Gasteiger partial charge in [-0.05, 0) is 26.9 Å². The molecule has 86 valence electrons. The number of likely N-dealkylation sites (tertiary alicyclic amines) is 1. The van der Waals surface area contributed by atoms with Gasteiger partial charge in [0.2, 0.25) is 5.91 Å². The maximum atomic E-state index is 11.7. The topological polar surface area (TPSA) is 60.9 Å². The van der Waals surface area contributed by atoms with Crippen LogP contribution in [0.3, 0.4) is 0 Å². The van der Waals surface area contributed by atoms with E-state index in [1.807, 2.05) is 19.0 Å². The summed E-state index contributed by atoms with van der Waals surface area (Å²) in [4.78, 5) is 26.0. The van der Waals surface area contributed by atoms with Crippen LogP contribution < -0.4 is 0 Å². The average Bonchev–Trinajstić information content (AvgIpc) is 2.62. The lowest BCUT2D eigenvalue weighted by Gasteiger charge is -2.22. The fraction of sp³-hybridized carbons (Fsp3) is 0.800. The second kappa shape index (κ2) is 5.11. The van der Waals surface area contributed by atoms with E-state index < -0.39 is 12.0 Å². The summed E-state index contributed by atoms with van der Waals surface area (Å²) in [7, 11) is 3.79. The first-order chi connectivity index (χ1) is 7.02. The van der Waals surface area contributed by atoms with Gasteiger partial charge < -0.3 is 14.9 Å². The predicted molar refractivity (Wildman–Crippen MR) is 55.5 cm³/mol. The van der Waals surface area contributed by atoms with E-state index in [0.717, 1.165) is 6.42 Å². The van der Waals surface area contributed by atoms with Crippen LogP contribution in [0.4, 0.5) is 0 Å². The maximum absolute atomic E-state index is 11.7. The zero-order chi connectivity index (χ0) is 11.4. The van der Waals surface area contributed by atoms with Gasteiger partial charge in [0.1, 0.15) is 6.04 Å². The molecule has 1 saturated heterocycles. The molecule has 1 N–H and O–H groups in total. The second-order valence-electron chi connectivity index (χ2n) is 4.14. The van der Waals surface area contributed by atoms with Gasteiger partial charge in [0.25, 0.3) is 0 Å². The molecule has 0 bridgehead atoms. The lowest BCUT2D eigenvalue weighted by Crippen LogP contribution is -2.41. The highest BCUT2D eigenvalue weighted by Crippen LogP contribution is 2.18. The number of hydrogen-bond acceptors (Lipinski definition) is 3. The van der Waals surface area contributed by atoms with Gasteiger partial charge in [-0.2, -0.15) is 0 Å². The van der Waals surface area contributed by atoms with E-state index in [-0.39, 0.29) is 5.91 Å². The Kier molecular flexibility index (Phi) is 4.08. The van der Waals surface area contributed by atoms with Crippen LogP contribution in [0.25, 0.3) is 0 Å². The quantitative estimate of drug-likeness (QED) is 0.716. The highest BCUT2D eigenvalue weighted by Gasteiger charge is 2.33. The Morgan fingerprint density at radius 3 is 2.67 bits per heavy atom. The number of carboxylic acid groups (broad SMARTS) is 1. The van der Waals surface area contributed by atoms with Crippen molar-refractivity contribution in [1.82, 2.24) is 9.80 Å². The monoisotopic (exact) mass is 214 g/mol. The van der Waals surface area contributed by atoms with Crippen molar-refractivity contribution in [2.45, 2.75) is 25.3 Å². The number of rotatable bonds is 4. The molecule has 1 aliphatic heterocycles. The molecule has 1 heterocycles. The van der Waals surface area contributed by atoms with Gasteiger partial charge in [-0.25, -0.2) is 4.79 Å². The Labute approximate surface area is 89.7 Å². The zero-order valence-electron chi connectivity index (χ0n) is 9.27. The first-order valence-electron chi connectivity index (χ1n) is 5.19. The van der Waals surface area contributed by atoms with Gasteiger partial charge in [-0.1, -0.05) is 0 Å². The van der Waals surface area contributed by atoms with Crippen LogP contribution in [0.2, 0.25) is 0 Å². The molecular formula is C10H18N2O3. The summed E-state index contributed by atoms with van der Waals surface area (Å²) >= 11 is 0. The molecule has 0 aromatic rings. The molecule has 0 aliphatic carbocycles. The van der Waals surface area contributed by atoms with Crippen LogP contribution in [0, 0.1) is 0 Å². The molecule has 5 heteroatoms. The minimum absolute atomic E-state index is 0.0476. The van der Waals surface area contributed by atoms with Gasteiger partial charge in [-0.15, -0.1) is 0 Å². The molecular weight excluding hydrogens is 196 g/mol. The van der Waals surface area contributed by atoms with Crippen LogP contribution in [0.15, 0.2) is 0 Å². The molecule has 1 fully saturated rings. The van der Waals surface area contributed by atoms with Crippen molar-refractivity contribution in [1.29, 1.82) is 0 Å². The molecule has 0 aromatic carbocycles. The molecule has 1 rings (SSSR count). The van der Waals surface area contributed by atoms with E-state index in [1.54, 1.807) is 0 Å². The first kappa shape index (κ1) is 12.0. The summed E-state index contributed by atoms with van der Waals surface area (Å²) in [5.41, 5.74) is 0. The van der Waals surface area contributed by atoms with Crippen molar-refractivity contribution >= 4 is 11.9 Å². The molecule has 5 nitrogen and oxygen atoms in total. The van der Waals surface area contributed by atoms with Crippen LogP contribution >= 0.6 is 0 Å². The van der Waals surface area contributed by atoms with Crippen LogP contribution in [-0.2, 0) is 9.59 Å². The highest BCUT2D eigenvalue weighted by molar-refractivity contribution is 5.84. The summed E-state index contributed by atoms with van der Waals surface area (Å²) in [6, 6.07) is -0.598. The number of aliphatic carboxylic acids is 1. The summed E-state index contributed by atoms with van der Waals surface area (Å²) in [6.45, 7) is 1.25. The molecule has 15 heavy (non-hydrogen) atoms. The standard InChI is InChI=1S/C10H18N2O3/c1-11(2)7-5-9(13)12-6-3-4-8(12)10(14)15/h8H,3-7H2,1-2H3,(H,14,15)/t8-/m1/s1. The van der Waals surface area contributed by atoms with E-state index in [4.69, 9.17) is 5.11 Å². The number of hydrogen-bond donors (Lipinski definition) is 1. The summed E-state index contributed by atoms with van der Waals surface area (Å²) in [5.74, 6) is -0.931. The van der Waals surface area contributed by atoms with Gasteiger partial charge in [-0.3, -0.25) is 4.79 Å². The third-order valence-corrected chi connectivity index (χ3v) is 2.63. The molecule has 0 radical (unpaired) electrons. The summed E-state index contributed by atoms with van der Waals surface area (Å²) in [6.07, 6.45) is 1.78. The number of carboxylic acids is 1. The SMILES string of the molecule is CN(C)CCC(=O)N1CCC[C@@H]1C(=O)O. The van der Waals surface area contributed by atoms with Gasteiger partial charge in [0.15, 0.2) is 0 Å². The molecule has 0 aromatic heterocycles. The number of carbonyl (C=O) groups excluding carboxylic acids is 1. The van der Waals surface area contributed by atoms with Crippen LogP contribution in [-0.4, -0.2) is 60.0 Å².